The van der Waals surface area contributed by atoms with Gasteiger partial charge in [0.25, 0.3) is 10.2 Å². The van der Waals surface area contributed by atoms with Gasteiger partial charge < -0.3 is 9.84 Å². The summed E-state index contributed by atoms with van der Waals surface area (Å²) in [5.41, 5.74) is 0. The lowest BCUT2D eigenvalue weighted by Gasteiger charge is -2.14. The van der Waals surface area contributed by atoms with Gasteiger partial charge in [-0.15, -0.1) is 0 Å². The van der Waals surface area contributed by atoms with Gasteiger partial charge in [-0.3, -0.25) is 4.79 Å². The van der Waals surface area contributed by atoms with E-state index in [0.717, 1.165) is 0 Å². The molecule has 17 heavy (non-hydrogen) atoms. The normalized spacial score (nSPS) is 13.5. The zero-order chi connectivity index (χ0) is 13.3. The predicted octanol–water partition coefficient (Wildman–Crippen LogP) is -0.737. The Labute approximate surface area is 105 Å². The second kappa shape index (κ2) is 8.70. The van der Waals surface area contributed by atoms with Crippen LogP contribution in [0.3, 0.4) is 0 Å². The molecule has 0 aliphatic rings. The van der Waals surface area contributed by atoms with Gasteiger partial charge in [-0.05, 0) is 18.4 Å². The molecule has 0 radical (unpaired) electrons. The van der Waals surface area contributed by atoms with Crippen LogP contribution in [0.25, 0.3) is 0 Å². The van der Waals surface area contributed by atoms with Crippen LogP contribution in [0.4, 0.5) is 0 Å². The molecule has 0 unspecified atom stereocenters. The van der Waals surface area contributed by atoms with Gasteiger partial charge in [0.15, 0.2) is 0 Å². The number of methoxy groups -OCH3 is 1. The van der Waals surface area contributed by atoms with Gasteiger partial charge in [0.1, 0.15) is 6.04 Å². The summed E-state index contributed by atoms with van der Waals surface area (Å²) in [4.78, 5) is 10.8. The predicted molar refractivity (Wildman–Crippen MR) is 66.4 cm³/mol. The number of thioether (sulfide) groups is 1. The van der Waals surface area contributed by atoms with E-state index in [4.69, 9.17) is 5.11 Å². The number of hydrogen-bond donors (Lipinski definition) is 3. The van der Waals surface area contributed by atoms with Gasteiger partial charge in [0.2, 0.25) is 0 Å². The molecule has 7 nitrogen and oxygen atoms in total. The molecule has 0 rings (SSSR count). The first kappa shape index (κ1) is 16.6. The third-order valence-corrected chi connectivity index (χ3v) is 3.63. The van der Waals surface area contributed by atoms with Crippen molar-refractivity contribution in [3.8, 4) is 0 Å². The number of nitrogens with one attached hydrogen (secondary N) is 2. The SMILES string of the molecule is COCCNS(=O)(=O)N[C@@H](CCSC)C(=O)O. The molecule has 1 atom stereocenters. The van der Waals surface area contributed by atoms with E-state index < -0.39 is 22.2 Å². The minimum absolute atomic E-state index is 0.0979. The highest BCUT2D eigenvalue weighted by Crippen LogP contribution is 2.01. The average Bonchev–Trinajstić information content (AvgIpc) is 2.24. The van der Waals surface area contributed by atoms with E-state index in [1.807, 2.05) is 6.26 Å². The van der Waals surface area contributed by atoms with Crippen LogP contribution in [0.15, 0.2) is 0 Å². The maximum atomic E-state index is 11.4. The van der Waals surface area contributed by atoms with Gasteiger partial charge >= 0.3 is 5.97 Å². The van der Waals surface area contributed by atoms with Crippen LogP contribution in [0.5, 0.6) is 0 Å². The standard InChI is InChI=1S/C8H18N2O5S2/c1-15-5-4-9-17(13,14)10-7(8(11)12)3-6-16-2/h7,9-10H,3-6H2,1-2H3,(H,11,12)/t7-/m0/s1. The molecule has 0 saturated heterocycles. The quantitative estimate of drug-likeness (QED) is 0.457. The van der Waals surface area contributed by atoms with Crippen LogP contribution in [0.2, 0.25) is 0 Å². The first-order valence-electron chi connectivity index (χ1n) is 4.90. The largest absolute Gasteiger partial charge is 0.480 e. The summed E-state index contributed by atoms with van der Waals surface area (Å²) in [5.74, 6) is -0.617. The van der Waals surface area contributed by atoms with Crippen molar-refractivity contribution in [2.75, 3.05) is 32.3 Å². The van der Waals surface area contributed by atoms with Gasteiger partial charge in [-0.2, -0.15) is 29.6 Å². The van der Waals surface area contributed by atoms with Gasteiger partial charge in [0, 0.05) is 13.7 Å². The lowest BCUT2D eigenvalue weighted by molar-refractivity contribution is -0.139. The third kappa shape index (κ3) is 8.38. The molecule has 0 aromatic rings. The number of aliphatic carboxylic acids is 1. The van der Waals surface area contributed by atoms with Crippen LogP contribution in [0, 0.1) is 0 Å². The Kier molecular flexibility index (Phi) is 8.52. The zero-order valence-electron chi connectivity index (χ0n) is 9.80. The first-order valence-corrected chi connectivity index (χ1v) is 7.78. The number of carbonyl (C=O) groups is 1. The van der Waals surface area contributed by atoms with E-state index in [2.05, 4.69) is 14.2 Å². The van der Waals surface area contributed by atoms with Crippen molar-refractivity contribution in [3.05, 3.63) is 0 Å². The van der Waals surface area contributed by atoms with Gasteiger partial charge in [-0.1, -0.05) is 0 Å². The minimum Gasteiger partial charge on any atom is -0.480 e. The molecule has 9 heteroatoms. The Hall–Kier alpha value is -0.350. The fourth-order valence-corrected chi connectivity index (χ4v) is 2.48. The van der Waals surface area contributed by atoms with E-state index in [9.17, 15) is 13.2 Å². The van der Waals surface area contributed by atoms with Crippen LogP contribution < -0.4 is 9.44 Å². The summed E-state index contributed by atoms with van der Waals surface area (Å²) in [6, 6.07) is -1.11. The summed E-state index contributed by atoms with van der Waals surface area (Å²) < 4.78 is 31.8. The Morgan fingerprint density at radius 3 is 2.65 bits per heavy atom. The summed E-state index contributed by atoms with van der Waals surface area (Å²) in [6.07, 6.45) is 2.06. The molecule has 0 heterocycles. The Bertz CT molecular complexity index is 320. The summed E-state index contributed by atoms with van der Waals surface area (Å²) in [7, 11) is -2.35. The van der Waals surface area contributed by atoms with Crippen LogP contribution in [0.1, 0.15) is 6.42 Å². The molecular weight excluding hydrogens is 268 g/mol. The zero-order valence-corrected chi connectivity index (χ0v) is 11.4. The number of ether oxygens (including phenoxy) is 1. The van der Waals surface area contributed by atoms with Crippen molar-refractivity contribution in [2.24, 2.45) is 0 Å². The Morgan fingerprint density at radius 2 is 2.18 bits per heavy atom. The van der Waals surface area contributed by atoms with E-state index in [-0.39, 0.29) is 19.6 Å². The fraction of sp³-hybridized carbons (Fsp3) is 0.875. The van der Waals surface area contributed by atoms with Crippen molar-refractivity contribution < 1.29 is 23.1 Å². The number of rotatable bonds is 10. The van der Waals surface area contributed by atoms with Gasteiger partial charge in [-0.25, -0.2) is 0 Å². The molecule has 102 valence electrons. The molecule has 0 saturated carbocycles. The molecule has 0 fully saturated rings. The number of hydrogen-bond acceptors (Lipinski definition) is 5. The number of carboxylic acids is 1. The molecule has 0 aliphatic heterocycles. The van der Waals surface area contributed by atoms with Crippen molar-refractivity contribution in [1.82, 2.24) is 9.44 Å². The summed E-state index contributed by atoms with van der Waals surface area (Å²) >= 11 is 1.46. The minimum atomic E-state index is -3.80. The molecule has 0 amide bonds. The van der Waals surface area contributed by atoms with Crippen LogP contribution >= 0.6 is 11.8 Å². The lowest BCUT2D eigenvalue weighted by Crippen LogP contribution is -2.47. The summed E-state index contributed by atoms with van der Waals surface area (Å²) in [5, 5.41) is 8.85. The van der Waals surface area contributed by atoms with Crippen molar-refractivity contribution in [1.29, 1.82) is 0 Å². The molecule has 0 spiro atoms. The molecule has 0 bridgehead atoms. The van der Waals surface area contributed by atoms with Crippen LogP contribution in [-0.4, -0.2) is 57.8 Å². The second-order valence-corrected chi connectivity index (χ2v) is 5.70. The topological polar surface area (TPSA) is 105 Å². The van der Waals surface area contributed by atoms with E-state index >= 15 is 0 Å². The molecule has 0 aromatic carbocycles. The molecule has 0 aromatic heterocycles. The van der Waals surface area contributed by atoms with Crippen LogP contribution in [-0.2, 0) is 19.7 Å². The third-order valence-electron chi connectivity index (χ3n) is 1.80. The Balaban J connectivity index is 4.27. The second-order valence-electron chi connectivity index (χ2n) is 3.18. The maximum Gasteiger partial charge on any atom is 0.321 e. The highest BCUT2D eigenvalue weighted by molar-refractivity contribution is 7.98. The molecule has 0 aliphatic carbocycles. The fourth-order valence-electron chi connectivity index (χ4n) is 0.976. The summed E-state index contributed by atoms with van der Waals surface area (Å²) in [6.45, 7) is 0.324. The van der Waals surface area contributed by atoms with Gasteiger partial charge in [0.05, 0.1) is 6.61 Å². The smallest absolute Gasteiger partial charge is 0.321 e. The lowest BCUT2D eigenvalue weighted by atomic mass is 10.2. The van der Waals surface area contributed by atoms with Crippen molar-refractivity contribution in [2.45, 2.75) is 12.5 Å². The first-order chi connectivity index (χ1) is 7.93. The van der Waals surface area contributed by atoms with Crippen molar-refractivity contribution >= 4 is 27.9 Å². The van der Waals surface area contributed by atoms with E-state index in [0.29, 0.717) is 5.75 Å². The molecular formula is C8H18N2O5S2. The highest BCUT2D eigenvalue weighted by Gasteiger charge is 2.22. The maximum absolute atomic E-state index is 11.4. The van der Waals surface area contributed by atoms with E-state index in [1.165, 1.54) is 18.9 Å². The highest BCUT2D eigenvalue weighted by atomic mass is 32.2. The Morgan fingerprint density at radius 1 is 1.53 bits per heavy atom. The monoisotopic (exact) mass is 286 g/mol. The van der Waals surface area contributed by atoms with E-state index in [1.54, 1.807) is 0 Å². The number of carboxylic acid groups (broad SMARTS) is 1. The van der Waals surface area contributed by atoms with Crippen molar-refractivity contribution in [3.63, 3.8) is 0 Å². The molecule has 3 N–H and O–H groups in total. The average molecular weight is 286 g/mol.